The number of aromatic nitrogens is 5. The van der Waals surface area contributed by atoms with Crippen LogP contribution in [0, 0.1) is 0 Å². The molecule has 0 amide bonds. The topological polar surface area (TPSA) is 95.0 Å². The fraction of sp³-hybridized carbons (Fsp3) is 0.286. The summed E-state index contributed by atoms with van der Waals surface area (Å²) in [5.41, 5.74) is 11.1. The predicted molar refractivity (Wildman–Crippen MR) is 143 cm³/mol. The van der Waals surface area contributed by atoms with E-state index in [9.17, 15) is 8.78 Å². The molecule has 194 valence electrons. The summed E-state index contributed by atoms with van der Waals surface area (Å²) in [6.07, 6.45) is 7.33. The number of benzene rings is 1. The summed E-state index contributed by atoms with van der Waals surface area (Å²) in [5.74, 6) is -1.49. The van der Waals surface area contributed by atoms with Crippen LogP contribution in [0.4, 0.5) is 20.3 Å². The molecule has 38 heavy (non-hydrogen) atoms. The molecule has 1 fully saturated rings. The number of rotatable bonds is 6. The quantitative estimate of drug-likeness (QED) is 0.327. The largest absolute Gasteiger partial charge is 0.489 e. The van der Waals surface area contributed by atoms with Crippen molar-refractivity contribution in [3.8, 4) is 11.4 Å². The van der Waals surface area contributed by atoms with Gasteiger partial charge >= 0.3 is 0 Å². The van der Waals surface area contributed by atoms with Gasteiger partial charge in [0, 0.05) is 66.7 Å². The molecule has 0 unspecified atom stereocenters. The second-order valence-electron chi connectivity index (χ2n) is 9.53. The lowest BCUT2D eigenvalue weighted by Gasteiger charge is -2.34. The molecule has 10 heteroatoms. The van der Waals surface area contributed by atoms with Gasteiger partial charge in [-0.05, 0) is 36.8 Å². The Morgan fingerprint density at radius 2 is 1.87 bits per heavy atom. The van der Waals surface area contributed by atoms with Gasteiger partial charge in [-0.15, -0.1) is 0 Å². The van der Waals surface area contributed by atoms with Gasteiger partial charge in [0.25, 0.3) is 5.92 Å². The normalized spacial score (nSPS) is 15.3. The third-order valence-electron chi connectivity index (χ3n) is 6.99. The molecule has 6 rings (SSSR count). The van der Waals surface area contributed by atoms with Crippen molar-refractivity contribution >= 4 is 33.4 Å². The molecule has 5 aromatic rings. The number of halogens is 2. The van der Waals surface area contributed by atoms with E-state index < -0.39 is 5.92 Å². The summed E-state index contributed by atoms with van der Waals surface area (Å²) < 4.78 is 35.5. The van der Waals surface area contributed by atoms with Crippen molar-refractivity contribution in [2.45, 2.75) is 38.7 Å². The molecule has 1 aliphatic rings. The molecule has 0 spiro atoms. The fourth-order valence-electron chi connectivity index (χ4n) is 4.88. The lowest BCUT2D eigenvalue weighted by Crippen LogP contribution is -2.39. The van der Waals surface area contributed by atoms with Crippen LogP contribution in [0.2, 0.25) is 0 Å². The Morgan fingerprint density at radius 3 is 2.68 bits per heavy atom. The van der Waals surface area contributed by atoms with Crippen LogP contribution in [0.15, 0.2) is 61.3 Å². The Morgan fingerprint density at radius 1 is 1.03 bits per heavy atom. The van der Waals surface area contributed by atoms with Crippen LogP contribution in [0.3, 0.4) is 0 Å². The molecule has 0 bridgehead atoms. The number of nitrogens with zero attached hydrogens (tertiary/aromatic N) is 6. The molecule has 2 N–H and O–H groups in total. The second kappa shape index (κ2) is 9.51. The van der Waals surface area contributed by atoms with Crippen molar-refractivity contribution in [2.75, 3.05) is 23.7 Å². The maximum atomic E-state index is 13.7. The highest BCUT2D eigenvalue weighted by Crippen LogP contribution is 2.35. The van der Waals surface area contributed by atoms with Crippen molar-refractivity contribution in [1.82, 2.24) is 24.5 Å². The maximum absolute atomic E-state index is 13.7. The number of nitrogen functional groups attached to an aromatic ring is 1. The predicted octanol–water partition coefficient (Wildman–Crippen LogP) is 5.32. The number of alkyl halides is 2. The van der Waals surface area contributed by atoms with Gasteiger partial charge in [-0.1, -0.05) is 6.92 Å². The summed E-state index contributed by atoms with van der Waals surface area (Å²) in [6, 6.07) is 11.7. The van der Waals surface area contributed by atoms with Gasteiger partial charge in [0.2, 0.25) is 0 Å². The number of fused-ring (bicyclic) bond motifs is 2. The van der Waals surface area contributed by atoms with Crippen LogP contribution in [-0.4, -0.2) is 43.5 Å². The highest BCUT2D eigenvalue weighted by Gasteiger charge is 2.34. The summed E-state index contributed by atoms with van der Waals surface area (Å²) >= 11 is 0. The molecule has 1 aliphatic heterocycles. The van der Waals surface area contributed by atoms with E-state index in [4.69, 9.17) is 15.5 Å². The standard InChI is InChI=1S/C28H27F2N7O/c1-2-19-12-25(36-9-6-28(29,30)7-10-36)22-4-3-21(13-24(22)35-19)38-16-18-11-20(15-32-14-18)37-8-5-23-26(31)33-17-34-27(23)37/h3-5,8,11-15,17H,2,6-7,9-10,16H2,1H3,(H2,31,33,34). The number of nitrogens with two attached hydrogens (primary N) is 1. The molecule has 0 radical (unpaired) electrons. The zero-order valence-corrected chi connectivity index (χ0v) is 20.9. The molecule has 0 atom stereocenters. The van der Waals surface area contributed by atoms with E-state index in [1.165, 1.54) is 6.33 Å². The van der Waals surface area contributed by atoms with Crippen molar-refractivity contribution in [3.05, 3.63) is 72.6 Å². The third-order valence-corrected chi connectivity index (χ3v) is 6.99. The number of piperidine rings is 1. The Balaban J connectivity index is 1.24. The molecule has 0 saturated carbocycles. The first-order valence-corrected chi connectivity index (χ1v) is 12.6. The van der Waals surface area contributed by atoms with Gasteiger partial charge in [0.15, 0.2) is 0 Å². The number of aryl methyl sites for hydroxylation is 1. The second-order valence-corrected chi connectivity index (χ2v) is 9.53. The lowest BCUT2D eigenvalue weighted by atomic mass is 10.0. The summed E-state index contributed by atoms with van der Waals surface area (Å²) in [7, 11) is 0. The SMILES string of the molecule is CCc1cc(N2CCC(F)(F)CC2)c2ccc(OCc3cncc(-n4ccc5c(N)ncnc54)c3)cc2n1. The molecule has 4 aromatic heterocycles. The van der Waals surface area contributed by atoms with E-state index >= 15 is 0 Å². The van der Waals surface area contributed by atoms with Gasteiger partial charge < -0.3 is 15.4 Å². The molecule has 8 nitrogen and oxygen atoms in total. The molecule has 5 heterocycles. The summed E-state index contributed by atoms with van der Waals surface area (Å²) in [5, 5.41) is 1.71. The van der Waals surface area contributed by atoms with Crippen molar-refractivity contribution in [1.29, 1.82) is 0 Å². The van der Waals surface area contributed by atoms with E-state index in [0.29, 0.717) is 36.9 Å². The smallest absolute Gasteiger partial charge is 0.251 e. The van der Waals surface area contributed by atoms with Crippen LogP contribution in [-0.2, 0) is 13.0 Å². The Hall–Kier alpha value is -4.34. The molecule has 1 aromatic carbocycles. The minimum atomic E-state index is -2.59. The fourth-order valence-corrected chi connectivity index (χ4v) is 4.88. The Labute approximate surface area is 218 Å². The first kappa shape index (κ1) is 24.0. The number of pyridine rings is 2. The van der Waals surface area contributed by atoms with Gasteiger partial charge in [0.1, 0.15) is 30.1 Å². The van der Waals surface area contributed by atoms with Crippen molar-refractivity contribution in [3.63, 3.8) is 0 Å². The summed E-state index contributed by atoms with van der Waals surface area (Å²) in [6.45, 7) is 3.00. The first-order chi connectivity index (χ1) is 18.4. The monoisotopic (exact) mass is 515 g/mol. The summed E-state index contributed by atoms with van der Waals surface area (Å²) in [4.78, 5) is 19.6. The van der Waals surface area contributed by atoms with E-state index in [-0.39, 0.29) is 12.8 Å². The average Bonchev–Trinajstić information content (AvgIpc) is 3.37. The Bertz CT molecular complexity index is 1620. The number of ether oxygens (including phenoxy) is 1. The maximum Gasteiger partial charge on any atom is 0.251 e. The van der Waals surface area contributed by atoms with Crippen LogP contribution >= 0.6 is 0 Å². The lowest BCUT2D eigenvalue weighted by molar-refractivity contribution is -0.0220. The zero-order valence-electron chi connectivity index (χ0n) is 20.9. The molecular weight excluding hydrogens is 488 g/mol. The van der Waals surface area contributed by atoms with Crippen LogP contribution < -0.4 is 15.4 Å². The van der Waals surface area contributed by atoms with Gasteiger partial charge in [0.05, 0.1) is 22.8 Å². The van der Waals surface area contributed by atoms with Crippen molar-refractivity contribution < 1.29 is 13.5 Å². The minimum absolute atomic E-state index is 0.133. The number of anilines is 2. The first-order valence-electron chi connectivity index (χ1n) is 12.6. The molecule has 1 saturated heterocycles. The zero-order chi connectivity index (χ0) is 26.3. The highest BCUT2D eigenvalue weighted by molar-refractivity contribution is 5.93. The minimum Gasteiger partial charge on any atom is -0.489 e. The van der Waals surface area contributed by atoms with Crippen LogP contribution in [0.25, 0.3) is 27.6 Å². The number of hydrogen-bond acceptors (Lipinski definition) is 7. The van der Waals surface area contributed by atoms with Gasteiger partial charge in [-0.25, -0.2) is 18.7 Å². The Kier molecular flexibility index (Phi) is 6.01. The van der Waals surface area contributed by atoms with Crippen LogP contribution in [0.5, 0.6) is 5.75 Å². The molecule has 0 aliphatic carbocycles. The van der Waals surface area contributed by atoms with E-state index in [1.807, 2.05) is 59.0 Å². The van der Waals surface area contributed by atoms with E-state index in [1.54, 1.807) is 12.4 Å². The van der Waals surface area contributed by atoms with Crippen molar-refractivity contribution in [2.24, 2.45) is 0 Å². The average molecular weight is 516 g/mol. The van der Waals surface area contributed by atoms with E-state index in [0.717, 1.165) is 45.3 Å². The van der Waals surface area contributed by atoms with Crippen LogP contribution in [0.1, 0.15) is 31.0 Å². The highest BCUT2D eigenvalue weighted by atomic mass is 19.3. The third kappa shape index (κ3) is 4.57. The van der Waals surface area contributed by atoms with Gasteiger partial charge in [-0.2, -0.15) is 0 Å². The molecular formula is C28H27F2N7O. The number of hydrogen-bond donors (Lipinski definition) is 1. The van der Waals surface area contributed by atoms with E-state index in [2.05, 4.69) is 15.0 Å². The van der Waals surface area contributed by atoms with Gasteiger partial charge in [-0.3, -0.25) is 14.5 Å².